The monoisotopic (exact) mass is 237 g/mol. The lowest BCUT2D eigenvalue weighted by Gasteiger charge is -1.98. The van der Waals surface area contributed by atoms with Gasteiger partial charge in [0.2, 0.25) is 0 Å². The summed E-state index contributed by atoms with van der Waals surface area (Å²) >= 11 is 1.63. The molecule has 4 nitrogen and oxygen atoms in total. The van der Waals surface area contributed by atoms with Gasteiger partial charge in [0.25, 0.3) is 0 Å². The molecule has 0 bridgehead atoms. The minimum atomic E-state index is 0.930. The fourth-order valence-electron chi connectivity index (χ4n) is 1.35. The summed E-state index contributed by atoms with van der Waals surface area (Å²) in [7, 11) is 0. The molecule has 0 fully saturated rings. The third kappa shape index (κ3) is 2.90. The summed E-state index contributed by atoms with van der Waals surface area (Å²) in [6, 6.07) is 1.90. The molecule has 2 aromatic heterocycles. The number of nitrogens with one attached hydrogen (secondary N) is 1. The lowest BCUT2D eigenvalue weighted by molar-refractivity contribution is 0.568. The Labute approximate surface area is 98.7 Å². The van der Waals surface area contributed by atoms with Gasteiger partial charge >= 0.3 is 0 Å². The highest BCUT2D eigenvalue weighted by molar-refractivity contribution is 7.14. The summed E-state index contributed by atoms with van der Waals surface area (Å²) in [5.41, 5.74) is 1.00. The molecule has 0 aliphatic heterocycles. The van der Waals surface area contributed by atoms with E-state index < -0.39 is 0 Å². The van der Waals surface area contributed by atoms with E-state index in [1.165, 1.54) is 0 Å². The van der Waals surface area contributed by atoms with Crippen LogP contribution >= 0.6 is 11.3 Å². The zero-order valence-electron chi connectivity index (χ0n) is 9.27. The average Bonchev–Trinajstić information content (AvgIpc) is 2.94. The van der Waals surface area contributed by atoms with E-state index in [0.717, 1.165) is 41.5 Å². The molecule has 0 atom stereocenters. The van der Waals surface area contributed by atoms with Crippen molar-refractivity contribution in [3.63, 3.8) is 0 Å². The van der Waals surface area contributed by atoms with Gasteiger partial charge in [-0.25, -0.2) is 0 Å². The van der Waals surface area contributed by atoms with Crippen molar-refractivity contribution in [1.29, 1.82) is 0 Å². The number of aromatic nitrogens is 2. The van der Waals surface area contributed by atoms with Crippen LogP contribution in [0.5, 0.6) is 0 Å². The third-order valence-electron chi connectivity index (χ3n) is 2.18. The predicted molar refractivity (Wildman–Crippen MR) is 64.5 cm³/mol. The number of rotatable bonds is 6. The summed E-state index contributed by atoms with van der Waals surface area (Å²) in [5.74, 6) is 0. The molecule has 2 heterocycles. The second-order valence-corrected chi connectivity index (χ2v) is 4.58. The normalized spacial score (nSPS) is 10.8. The van der Waals surface area contributed by atoms with Gasteiger partial charge < -0.3 is 9.73 Å². The summed E-state index contributed by atoms with van der Waals surface area (Å²) in [6.07, 6.45) is 5.45. The molecule has 0 aliphatic rings. The van der Waals surface area contributed by atoms with Crippen LogP contribution in [0.3, 0.4) is 0 Å². The van der Waals surface area contributed by atoms with E-state index in [2.05, 4.69) is 22.4 Å². The van der Waals surface area contributed by atoms with Gasteiger partial charge in [0.05, 0.1) is 11.8 Å². The minimum Gasteiger partial charge on any atom is -0.472 e. The average molecular weight is 237 g/mol. The van der Waals surface area contributed by atoms with Crippen molar-refractivity contribution in [2.45, 2.75) is 19.8 Å². The molecule has 2 aromatic rings. The topological polar surface area (TPSA) is 51.0 Å². The fraction of sp³-hybridized carbons (Fsp3) is 0.455. The first-order valence-electron chi connectivity index (χ1n) is 5.46. The number of hydrogen-bond acceptors (Lipinski definition) is 5. The molecule has 0 aromatic carbocycles. The van der Waals surface area contributed by atoms with Crippen molar-refractivity contribution in [3.8, 4) is 10.6 Å². The Balaban J connectivity index is 1.88. The lowest BCUT2D eigenvalue weighted by Crippen LogP contribution is -2.17. The quantitative estimate of drug-likeness (QED) is 0.783. The van der Waals surface area contributed by atoms with E-state index in [1.54, 1.807) is 23.9 Å². The van der Waals surface area contributed by atoms with Gasteiger partial charge in [-0.15, -0.1) is 10.2 Å². The van der Waals surface area contributed by atoms with Gasteiger partial charge in [-0.05, 0) is 19.0 Å². The van der Waals surface area contributed by atoms with Crippen molar-refractivity contribution in [2.24, 2.45) is 0 Å². The number of nitrogens with zero attached hydrogens (tertiary/aromatic N) is 2. The largest absolute Gasteiger partial charge is 0.472 e. The Kier molecular flexibility index (Phi) is 4.07. The Hall–Kier alpha value is -1.20. The molecule has 0 spiro atoms. The summed E-state index contributed by atoms with van der Waals surface area (Å²) in [5, 5.41) is 13.6. The Bertz CT molecular complexity index is 411. The van der Waals surface area contributed by atoms with Gasteiger partial charge in [-0.3, -0.25) is 0 Å². The smallest absolute Gasteiger partial charge is 0.151 e. The second-order valence-electron chi connectivity index (χ2n) is 3.51. The van der Waals surface area contributed by atoms with Crippen LogP contribution in [0.1, 0.15) is 18.4 Å². The van der Waals surface area contributed by atoms with Crippen LogP contribution in [0.2, 0.25) is 0 Å². The van der Waals surface area contributed by atoms with Gasteiger partial charge in [-0.1, -0.05) is 18.3 Å². The van der Waals surface area contributed by atoms with E-state index in [0.29, 0.717) is 0 Å². The molecule has 86 valence electrons. The first-order valence-corrected chi connectivity index (χ1v) is 6.27. The van der Waals surface area contributed by atoms with Gasteiger partial charge in [0.15, 0.2) is 5.01 Å². The number of furan rings is 1. The molecular weight excluding hydrogens is 222 g/mol. The first kappa shape index (κ1) is 11.3. The molecule has 0 saturated heterocycles. The van der Waals surface area contributed by atoms with Crippen molar-refractivity contribution >= 4 is 11.3 Å². The van der Waals surface area contributed by atoms with Crippen LogP contribution in [0.25, 0.3) is 10.6 Å². The molecule has 0 aliphatic carbocycles. The summed E-state index contributed by atoms with van der Waals surface area (Å²) < 4.78 is 5.02. The zero-order valence-corrected chi connectivity index (χ0v) is 10.1. The maximum atomic E-state index is 5.02. The van der Waals surface area contributed by atoms with E-state index in [1.807, 2.05) is 6.07 Å². The summed E-state index contributed by atoms with van der Waals surface area (Å²) in [6.45, 7) is 4.19. The van der Waals surface area contributed by atoms with E-state index in [-0.39, 0.29) is 0 Å². The maximum absolute atomic E-state index is 5.02. The van der Waals surface area contributed by atoms with E-state index >= 15 is 0 Å². The molecule has 16 heavy (non-hydrogen) atoms. The van der Waals surface area contributed by atoms with Crippen LogP contribution in [-0.4, -0.2) is 23.3 Å². The first-order chi connectivity index (χ1) is 7.90. The van der Waals surface area contributed by atoms with Crippen LogP contribution in [0.15, 0.2) is 23.0 Å². The molecule has 5 heteroatoms. The predicted octanol–water partition coefficient (Wildman–Crippen LogP) is 2.34. The standard InChI is InChI=1S/C11H15N3OS/c1-2-5-12-6-3-10-13-14-11(16-10)9-4-7-15-8-9/h4,7-8,12H,2-3,5-6H2,1H3. The Morgan fingerprint density at radius 2 is 2.31 bits per heavy atom. The highest BCUT2D eigenvalue weighted by atomic mass is 32.1. The zero-order chi connectivity index (χ0) is 11.2. The van der Waals surface area contributed by atoms with E-state index in [4.69, 9.17) is 4.42 Å². The van der Waals surface area contributed by atoms with Crippen LogP contribution in [-0.2, 0) is 6.42 Å². The van der Waals surface area contributed by atoms with Crippen molar-refractivity contribution < 1.29 is 4.42 Å². The lowest BCUT2D eigenvalue weighted by atomic mass is 10.4. The molecule has 2 rings (SSSR count). The highest BCUT2D eigenvalue weighted by Crippen LogP contribution is 2.23. The SMILES string of the molecule is CCCNCCc1nnc(-c2ccoc2)s1. The highest BCUT2D eigenvalue weighted by Gasteiger charge is 2.06. The molecule has 0 amide bonds. The Morgan fingerprint density at radius 3 is 3.06 bits per heavy atom. The van der Waals surface area contributed by atoms with Gasteiger partial charge in [-0.2, -0.15) is 0 Å². The minimum absolute atomic E-state index is 0.930. The van der Waals surface area contributed by atoms with E-state index in [9.17, 15) is 0 Å². The molecule has 0 radical (unpaired) electrons. The van der Waals surface area contributed by atoms with Gasteiger partial charge in [0.1, 0.15) is 11.3 Å². The van der Waals surface area contributed by atoms with Gasteiger partial charge in [0, 0.05) is 13.0 Å². The molecular formula is C11H15N3OS. The van der Waals surface area contributed by atoms with Crippen LogP contribution in [0, 0.1) is 0 Å². The van der Waals surface area contributed by atoms with Crippen LogP contribution in [0.4, 0.5) is 0 Å². The molecule has 1 N–H and O–H groups in total. The third-order valence-corrected chi connectivity index (χ3v) is 3.21. The second kappa shape index (κ2) is 5.77. The number of hydrogen-bond donors (Lipinski definition) is 1. The van der Waals surface area contributed by atoms with Crippen molar-refractivity contribution in [2.75, 3.05) is 13.1 Å². The summed E-state index contributed by atoms with van der Waals surface area (Å²) in [4.78, 5) is 0. The van der Waals surface area contributed by atoms with Crippen molar-refractivity contribution in [1.82, 2.24) is 15.5 Å². The molecule has 0 unspecified atom stereocenters. The van der Waals surface area contributed by atoms with Crippen molar-refractivity contribution in [3.05, 3.63) is 23.6 Å². The fourth-order valence-corrected chi connectivity index (χ4v) is 2.18. The maximum Gasteiger partial charge on any atom is 0.151 e. The Morgan fingerprint density at radius 1 is 1.38 bits per heavy atom. The molecule has 0 saturated carbocycles. The van der Waals surface area contributed by atoms with Crippen LogP contribution < -0.4 is 5.32 Å².